The first-order chi connectivity index (χ1) is 10.2. The van der Waals surface area contributed by atoms with Crippen molar-refractivity contribution in [2.45, 2.75) is 73.1 Å². The molecule has 0 aliphatic heterocycles. The van der Waals surface area contributed by atoms with Crippen LogP contribution in [-0.2, 0) is 4.79 Å². The van der Waals surface area contributed by atoms with Crippen LogP contribution in [0.15, 0.2) is 11.6 Å². The highest BCUT2D eigenvalue weighted by atomic mass is 16.3. The maximum Gasteiger partial charge on any atom is 0.138 e. The van der Waals surface area contributed by atoms with E-state index in [1.165, 1.54) is 18.4 Å². The Labute approximate surface area is 136 Å². The third-order valence-corrected chi connectivity index (χ3v) is 6.87. The number of fused-ring (bicyclic) bond motifs is 1. The van der Waals surface area contributed by atoms with Gasteiger partial charge in [0.25, 0.3) is 0 Å². The van der Waals surface area contributed by atoms with Crippen LogP contribution in [0.2, 0.25) is 0 Å². The number of carbonyl (C=O) groups is 1. The minimum atomic E-state index is -0.181. The Balaban J connectivity index is 2.20. The number of hydrogen-bond acceptors (Lipinski definition) is 2. The Bertz CT molecular complexity index is 449. The van der Waals surface area contributed by atoms with Gasteiger partial charge >= 0.3 is 0 Å². The molecule has 2 nitrogen and oxygen atoms in total. The standard InChI is InChI=1S/C20H34O2/c1-14(11-13-21)6-8-16-15(2)7-9-17-19(3,4)18(22)10-12-20(16,17)5/h7,14,16-17,21H,6,8-13H2,1-5H3/t14-,16+,17+,20+/m1/s1. The van der Waals surface area contributed by atoms with Crippen LogP contribution >= 0.6 is 0 Å². The second kappa shape index (κ2) is 6.47. The van der Waals surface area contributed by atoms with Gasteiger partial charge in [-0.15, -0.1) is 0 Å². The summed E-state index contributed by atoms with van der Waals surface area (Å²) in [5.41, 5.74) is 1.61. The molecule has 0 bridgehead atoms. The number of carbonyl (C=O) groups excluding carboxylic acids is 1. The lowest BCUT2D eigenvalue weighted by atomic mass is 9.48. The fraction of sp³-hybridized carbons (Fsp3) is 0.850. The van der Waals surface area contributed by atoms with Gasteiger partial charge < -0.3 is 5.11 Å². The van der Waals surface area contributed by atoms with Crippen LogP contribution in [0, 0.1) is 28.6 Å². The predicted octanol–water partition coefficient (Wildman–Crippen LogP) is 4.76. The molecule has 2 aliphatic carbocycles. The molecule has 0 heterocycles. The predicted molar refractivity (Wildman–Crippen MR) is 91.6 cm³/mol. The van der Waals surface area contributed by atoms with E-state index in [0.717, 1.165) is 25.7 Å². The summed E-state index contributed by atoms with van der Waals surface area (Å²) >= 11 is 0. The molecule has 0 radical (unpaired) electrons. The minimum absolute atomic E-state index is 0.181. The molecule has 0 unspecified atom stereocenters. The first-order valence-electron chi connectivity index (χ1n) is 9.04. The highest BCUT2D eigenvalue weighted by molar-refractivity contribution is 5.85. The molecule has 1 N–H and O–H groups in total. The summed E-state index contributed by atoms with van der Waals surface area (Å²) in [5, 5.41) is 9.11. The van der Waals surface area contributed by atoms with E-state index in [2.05, 4.69) is 40.7 Å². The lowest BCUT2D eigenvalue weighted by Crippen LogP contribution is -2.52. The zero-order valence-corrected chi connectivity index (χ0v) is 15.1. The molecule has 0 saturated heterocycles. The van der Waals surface area contributed by atoms with E-state index in [9.17, 15) is 4.79 Å². The molecule has 2 rings (SSSR count). The van der Waals surface area contributed by atoms with Crippen molar-refractivity contribution in [1.82, 2.24) is 0 Å². The number of aliphatic hydroxyl groups is 1. The van der Waals surface area contributed by atoms with E-state index in [0.29, 0.717) is 30.1 Å². The Morgan fingerprint density at radius 2 is 2.00 bits per heavy atom. The van der Waals surface area contributed by atoms with Gasteiger partial charge in [0.15, 0.2) is 0 Å². The fourth-order valence-electron chi connectivity index (χ4n) is 5.22. The van der Waals surface area contributed by atoms with Gasteiger partial charge in [0, 0.05) is 18.4 Å². The van der Waals surface area contributed by atoms with Gasteiger partial charge in [-0.05, 0) is 55.8 Å². The van der Waals surface area contributed by atoms with Gasteiger partial charge in [-0.2, -0.15) is 0 Å². The summed E-state index contributed by atoms with van der Waals surface area (Å²) in [5.74, 6) is 2.11. The summed E-state index contributed by atoms with van der Waals surface area (Å²) in [4.78, 5) is 12.4. The lowest BCUT2D eigenvalue weighted by Gasteiger charge is -2.56. The Morgan fingerprint density at radius 3 is 2.64 bits per heavy atom. The van der Waals surface area contributed by atoms with Crippen molar-refractivity contribution in [3.63, 3.8) is 0 Å². The fourth-order valence-corrected chi connectivity index (χ4v) is 5.22. The Kier molecular flexibility index (Phi) is 5.21. The van der Waals surface area contributed by atoms with Crippen LogP contribution in [-0.4, -0.2) is 17.5 Å². The average Bonchev–Trinajstić information content (AvgIpc) is 2.43. The quantitative estimate of drug-likeness (QED) is 0.743. The van der Waals surface area contributed by atoms with Crippen molar-refractivity contribution in [1.29, 1.82) is 0 Å². The molecule has 2 aliphatic rings. The topological polar surface area (TPSA) is 37.3 Å². The molecule has 126 valence electrons. The van der Waals surface area contributed by atoms with Crippen molar-refractivity contribution >= 4 is 5.78 Å². The SMILES string of the molecule is CC1=CC[C@H]2C(C)(C)C(=O)CC[C@@]2(C)[C@H]1CC[C@@H](C)CCO. The van der Waals surface area contributed by atoms with Gasteiger partial charge in [-0.25, -0.2) is 0 Å². The number of allylic oxidation sites excluding steroid dienone is 2. The summed E-state index contributed by atoms with van der Waals surface area (Å²) < 4.78 is 0. The van der Waals surface area contributed by atoms with E-state index < -0.39 is 0 Å². The van der Waals surface area contributed by atoms with Crippen LogP contribution in [0.1, 0.15) is 73.1 Å². The molecule has 4 atom stereocenters. The smallest absolute Gasteiger partial charge is 0.138 e. The van der Waals surface area contributed by atoms with Crippen LogP contribution in [0.3, 0.4) is 0 Å². The van der Waals surface area contributed by atoms with Crippen LogP contribution in [0.5, 0.6) is 0 Å². The van der Waals surface area contributed by atoms with E-state index >= 15 is 0 Å². The first-order valence-corrected chi connectivity index (χ1v) is 9.04. The molecule has 0 aromatic rings. The minimum Gasteiger partial charge on any atom is -0.396 e. The van der Waals surface area contributed by atoms with Gasteiger partial charge in [0.05, 0.1) is 0 Å². The van der Waals surface area contributed by atoms with Crippen molar-refractivity contribution in [3.8, 4) is 0 Å². The average molecular weight is 306 g/mol. The maximum absolute atomic E-state index is 12.4. The molecule has 1 saturated carbocycles. The number of hydrogen-bond donors (Lipinski definition) is 1. The molecular weight excluding hydrogens is 272 g/mol. The molecule has 22 heavy (non-hydrogen) atoms. The third kappa shape index (κ3) is 3.04. The van der Waals surface area contributed by atoms with Gasteiger partial charge in [0.1, 0.15) is 5.78 Å². The number of ketones is 1. The molecule has 0 spiro atoms. The first kappa shape index (κ1) is 17.7. The third-order valence-electron chi connectivity index (χ3n) is 6.87. The molecule has 2 heteroatoms. The monoisotopic (exact) mass is 306 g/mol. The van der Waals surface area contributed by atoms with Gasteiger partial charge in [-0.3, -0.25) is 4.79 Å². The molecule has 1 fully saturated rings. The summed E-state index contributed by atoms with van der Waals surface area (Å²) in [6.45, 7) is 11.6. The van der Waals surface area contributed by atoms with Crippen molar-refractivity contribution < 1.29 is 9.90 Å². The van der Waals surface area contributed by atoms with E-state index in [1.54, 1.807) is 0 Å². The molecule has 0 amide bonds. The van der Waals surface area contributed by atoms with E-state index in [4.69, 9.17) is 5.11 Å². The van der Waals surface area contributed by atoms with E-state index in [-0.39, 0.29) is 10.8 Å². The van der Waals surface area contributed by atoms with Gasteiger partial charge in [-0.1, -0.05) is 45.8 Å². The number of rotatable bonds is 5. The molecular formula is C20H34O2. The van der Waals surface area contributed by atoms with Crippen LogP contribution < -0.4 is 0 Å². The summed E-state index contributed by atoms with van der Waals surface area (Å²) in [7, 11) is 0. The zero-order chi connectivity index (χ0) is 16.5. The van der Waals surface area contributed by atoms with Crippen molar-refractivity contribution in [2.24, 2.45) is 28.6 Å². The Hall–Kier alpha value is -0.630. The second-order valence-corrected chi connectivity index (χ2v) is 8.63. The van der Waals surface area contributed by atoms with Crippen molar-refractivity contribution in [2.75, 3.05) is 6.61 Å². The summed E-state index contributed by atoms with van der Waals surface area (Å²) in [6, 6.07) is 0. The van der Waals surface area contributed by atoms with Crippen LogP contribution in [0.25, 0.3) is 0 Å². The van der Waals surface area contributed by atoms with Crippen LogP contribution in [0.4, 0.5) is 0 Å². The maximum atomic E-state index is 12.4. The number of Topliss-reactive ketones (excluding diaryl/α,β-unsaturated/α-hetero) is 1. The Morgan fingerprint density at radius 1 is 1.32 bits per heavy atom. The number of aliphatic hydroxyl groups excluding tert-OH is 1. The zero-order valence-electron chi connectivity index (χ0n) is 15.1. The molecule has 0 aromatic carbocycles. The van der Waals surface area contributed by atoms with Crippen molar-refractivity contribution in [3.05, 3.63) is 11.6 Å². The second-order valence-electron chi connectivity index (χ2n) is 8.63. The lowest BCUT2D eigenvalue weighted by molar-refractivity contribution is -0.143. The van der Waals surface area contributed by atoms with Gasteiger partial charge in [0.2, 0.25) is 0 Å². The highest BCUT2D eigenvalue weighted by Gasteiger charge is 2.54. The molecule has 0 aromatic heterocycles. The largest absolute Gasteiger partial charge is 0.396 e. The summed E-state index contributed by atoms with van der Waals surface area (Å²) in [6.07, 6.45) is 8.52. The normalized spacial score (nSPS) is 35.7. The highest BCUT2D eigenvalue weighted by Crippen LogP contribution is 2.59. The van der Waals surface area contributed by atoms with E-state index in [1.807, 2.05) is 0 Å².